The third kappa shape index (κ3) is 3.26. The fourth-order valence-electron chi connectivity index (χ4n) is 2.60. The van der Waals surface area contributed by atoms with Gasteiger partial charge in [-0.3, -0.25) is 14.9 Å². The third-order valence-electron chi connectivity index (χ3n) is 3.95. The minimum atomic E-state index is -0.878. The van der Waals surface area contributed by atoms with Gasteiger partial charge >= 0.3 is 5.63 Å². The maximum atomic E-state index is 12.2. The van der Waals surface area contributed by atoms with Crippen molar-refractivity contribution in [3.05, 3.63) is 74.1 Å². The normalized spacial score (nSPS) is 12.4. The number of hydrogen-bond acceptors (Lipinski definition) is 8. The van der Waals surface area contributed by atoms with Gasteiger partial charge in [-0.1, -0.05) is 0 Å². The highest BCUT2D eigenvalue weighted by Gasteiger charge is 2.16. The monoisotopic (exact) mass is 381 g/mol. The van der Waals surface area contributed by atoms with Gasteiger partial charge in [-0.2, -0.15) is 5.10 Å². The lowest BCUT2D eigenvalue weighted by molar-refractivity contribution is -0.384. The van der Waals surface area contributed by atoms with Gasteiger partial charge in [-0.15, -0.1) is 0 Å². The van der Waals surface area contributed by atoms with E-state index in [9.17, 15) is 19.7 Å². The summed E-state index contributed by atoms with van der Waals surface area (Å²) in [5, 5.41) is 14.9. The Morgan fingerprint density at radius 2 is 1.96 bits per heavy atom. The van der Waals surface area contributed by atoms with Crippen LogP contribution in [-0.4, -0.2) is 23.8 Å². The number of nitro groups is 1. The van der Waals surface area contributed by atoms with Crippen LogP contribution >= 0.6 is 0 Å². The molecule has 10 nitrogen and oxygen atoms in total. The largest absolute Gasteiger partial charge is 0.454 e. The first-order valence-corrected chi connectivity index (χ1v) is 7.96. The minimum Gasteiger partial charge on any atom is -0.454 e. The average molecular weight is 381 g/mol. The molecule has 3 aromatic rings. The van der Waals surface area contributed by atoms with E-state index in [0.29, 0.717) is 17.1 Å². The Labute approximate surface area is 156 Å². The Hall–Kier alpha value is -4.21. The first-order chi connectivity index (χ1) is 13.5. The summed E-state index contributed by atoms with van der Waals surface area (Å²) in [6, 6.07) is 10.0. The highest BCUT2D eigenvalue weighted by atomic mass is 16.7. The number of carbonyl (C=O) groups is 1. The van der Waals surface area contributed by atoms with Crippen molar-refractivity contribution in [1.82, 2.24) is 5.43 Å². The van der Waals surface area contributed by atoms with E-state index < -0.39 is 16.5 Å². The Kier molecular flexibility index (Phi) is 4.20. The molecular weight excluding hydrogens is 370 g/mol. The number of nitro benzene ring substituents is 1. The second kappa shape index (κ2) is 6.83. The van der Waals surface area contributed by atoms with Crippen LogP contribution in [0.5, 0.6) is 11.5 Å². The van der Waals surface area contributed by atoms with E-state index in [1.807, 2.05) is 0 Å². The van der Waals surface area contributed by atoms with E-state index in [2.05, 4.69) is 10.5 Å². The average Bonchev–Trinajstić information content (AvgIpc) is 3.14. The molecule has 0 atom stereocenters. The van der Waals surface area contributed by atoms with Crippen LogP contribution < -0.4 is 20.5 Å². The molecule has 2 aromatic carbocycles. The van der Waals surface area contributed by atoms with Crippen molar-refractivity contribution in [3.8, 4) is 11.5 Å². The molecule has 2 heterocycles. The van der Waals surface area contributed by atoms with Crippen molar-refractivity contribution in [2.75, 3.05) is 6.79 Å². The third-order valence-corrected chi connectivity index (χ3v) is 3.95. The van der Waals surface area contributed by atoms with E-state index in [1.165, 1.54) is 30.5 Å². The summed E-state index contributed by atoms with van der Waals surface area (Å²) < 4.78 is 15.5. The van der Waals surface area contributed by atoms with E-state index in [4.69, 9.17) is 13.9 Å². The first-order valence-electron chi connectivity index (χ1n) is 7.96. The molecule has 0 saturated carbocycles. The van der Waals surface area contributed by atoms with Crippen LogP contribution in [0.1, 0.15) is 15.9 Å². The van der Waals surface area contributed by atoms with Crippen LogP contribution in [-0.2, 0) is 0 Å². The Bertz CT molecular complexity index is 1200. The number of rotatable bonds is 4. The van der Waals surface area contributed by atoms with Gasteiger partial charge in [0, 0.05) is 17.5 Å². The number of fused-ring (bicyclic) bond motifs is 2. The van der Waals surface area contributed by atoms with Gasteiger partial charge in [0.15, 0.2) is 11.5 Å². The molecule has 1 aliphatic heterocycles. The van der Waals surface area contributed by atoms with Crippen LogP contribution in [0, 0.1) is 10.1 Å². The quantitative estimate of drug-likeness (QED) is 0.317. The molecule has 28 heavy (non-hydrogen) atoms. The molecule has 0 fully saturated rings. The predicted molar refractivity (Wildman–Crippen MR) is 96.8 cm³/mol. The molecule has 1 aliphatic rings. The summed E-state index contributed by atoms with van der Waals surface area (Å²) in [7, 11) is 0. The molecule has 0 unspecified atom stereocenters. The minimum absolute atomic E-state index is 0.135. The lowest BCUT2D eigenvalue weighted by Gasteiger charge is -2.02. The van der Waals surface area contributed by atoms with Crippen LogP contribution in [0.15, 0.2) is 56.8 Å². The van der Waals surface area contributed by atoms with Gasteiger partial charge in [0.05, 0.1) is 11.1 Å². The summed E-state index contributed by atoms with van der Waals surface area (Å²) >= 11 is 0. The predicted octanol–water partition coefficient (Wildman–Crippen LogP) is 2.19. The van der Waals surface area contributed by atoms with Crippen LogP contribution in [0.25, 0.3) is 11.0 Å². The number of ether oxygens (including phenoxy) is 2. The van der Waals surface area contributed by atoms with Crippen molar-refractivity contribution < 1.29 is 23.6 Å². The summed E-state index contributed by atoms with van der Waals surface area (Å²) in [6.45, 7) is 0.141. The van der Waals surface area contributed by atoms with Crippen LogP contribution in [0.2, 0.25) is 0 Å². The molecule has 0 saturated heterocycles. The number of non-ortho nitro benzene ring substituents is 1. The van der Waals surface area contributed by atoms with E-state index in [0.717, 1.165) is 0 Å². The zero-order valence-corrected chi connectivity index (χ0v) is 14.1. The topological polar surface area (TPSA) is 133 Å². The Morgan fingerprint density at radius 1 is 1.14 bits per heavy atom. The highest BCUT2D eigenvalue weighted by Crippen LogP contribution is 2.31. The van der Waals surface area contributed by atoms with Crippen molar-refractivity contribution in [2.45, 2.75) is 0 Å². The molecule has 0 spiro atoms. The van der Waals surface area contributed by atoms with Gasteiger partial charge in [0.25, 0.3) is 11.6 Å². The Balaban J connectivity index is 1.55. The summed E-state index contributed by atoms with van der Waals surface area (Å²) in [5.41, 5.74) is 1.61. The number of nitrogens with one attached hydrogen (secondary N) is 1. The number of amides is 1. The van der Waals surface area contributed by atoms with Gasteiger partial charge in [-0.05, 0) is 35.9 Å². The number of hydrogen-bond donors (Lipinski definition) is 1. The summed E-state index contributed by atoms with van der Waals surface area (Å²) in [4.78, 5) is 34.5. The van der Waals surface area contributed by atoms with Crippen molar-refractivity contribution in [3.63, 3.8) is 0 Å². The van der Waals surface area contributed by atoms with Gasteiger partial charge in [-0.25, -0.2) is 10.2 Å². The fraction of sp³-hybridized carbons (Fsp3) is 0.0556. The number of benzene rings is 2. The molecule has 10 heteroatoms. The molecular formula is C18H11N3O7. The second-order valence-electron chi connectivity index (χ2n) is 5.74. The smallest absolute Gasteiger partial charge is 0.349 e. The van der Waals surface area contributed by atoms with Crippen LogP contribution in [0.3, 0.4) is 0 Å². The second-order valence-corrected chi connectivity index (χ2v) is 5.74. The van der Waals surface area contributed by atoms with Crippen molar-refractivity contribution >= 4 is 28.8 Å². The number of hydrazone groups is 1. The van der Waals surface area contributed by atoms with Crippen molar-refractivity contribution in [1.29, 1.82) is 0 Å². The Morgan fingerprint density at radius 3 is 2.79 bits per heavy atom. The standard InChI is InChI=1S/C18H11N3O7/c22-17(20-19-8-10-1-3-15-16(5-10)27-9-26-15)13-7-11-6-12(21(24)25)2-4-14(11)28-18(13)23/h1-8H,9H2,(H,20,22). The SMILES string of the molecule is O=C(NN=Cc1ccc2c(c1)OCO2)c1cc2cc([N+](=O)[O-])ccc2oc1=O. The maximum absolute atomic E-state index is 12.2. The van der Waals surface area contributed by atoms with E-state index >= 15 is 0 Å². The lowest BCUT2D eigenvalue weighted by atomic mass is 10.1. The molecule has 140 valence electrons. The molecule has 1 N–H and O–H groups in total. The number of nitrogens with zero attached hydrogens (tertiary/aromatic N) is 2. The maximum Gasteiger partial charge on any atom is 0.349 e. The molecule has 1 aromatic heterocycles. The molecule has 0 radical (unpaired) electrons. The molecule has 0 bridgehead atoms. The van der Waals surface area contributed by atoms with Gasteiger partial charge in [0.1, 0.15) is 11.1 Å². The zero-order chi connectivity index (χ0) is 19.7. The summed E-state index contributed by atoms with van der Waals surface area (Å²) in [6.07, 6.45) is 1.37. The molecule has 4 rings (SSSR count). The number of carbonyl (C=O) groups excluding carboxylic acids is 1. The summed E-state index contributed by atoms with van der Waals surface area (Å²) in [5.74, 6) is 0.371. The van der Waals surface area contributed by atoms with E-state index in [1.54, 1.807) is 18.2 Å². The van der Waals surface area contributed by atoms with Crippen LogP contribution in [0.4, 0.5) is 5.69 Å². The van der Waals surface area contributed by atoms with Gasteiger partial charge < -0.3 is 13.9 Å². The lowest BCUT2D eigenvalue weighted by Crippen LogP contribution is -2.24. The van der Waals surface area contributed by atoms with Gasteiger partial charge in [0.2, 0.25) is 6.79 Å². The zero-order valence-electron chi connectivity index (χ0n) is 14.1. The highest BCUT2D eigenvalue weighted by molar-refractivity contribution is 5.97. The first kappa shape index (κ1) is 17.2. The fourth-order valence-corrected chi connectivity index (χ4v) is 2.60. The van der Waals surface area contributed by atoms with E-state index in [-0.39, 0.29) is 29.0 Å². The molecule has 1 amide bonds. The van der Waals surface area contributed by atoms with Crippen molar-refractivity contribution in [2.24, 2.45) is 5.10 Å². The molecule has 0 aliphatic carbocycles.